The quantitative estimate of drug-likeness (QED) is 0.0628. The molecule has 16 heteroatoms. The fourth-order valence-electron chi connectivity index (χ4n) is 7.84. The van der Waals surface area contributed by atoms with E-state index >= 15 is 4.39 Å². The fraction of sp³-hybridized carbons (Fsp3) is 0.385. The molecule has 0 aromatic heterocycles. The van der Waals surface area contributed by atoms with Crippen LogP contribution in [0.1, 0.15) is 29.9 Å². The van der Waals surface area contributed by atoms with Crippen molar-refractivity contribution in [2.45, 2.75) is 37.6 Å². The molecule has 3 N–H and O–H groups in total. The monoisotopic (exact) mass is 772 g/mol. The number of aliphatic hydroxyl groups is 1. The number of halogens is 1. The standard InChI is InChI=1S/C39H42FN7O7S/c1-43-24-47(52,33-11-12-35(48)42-39(33)50)32-10-8-26(17-31(32)43)28-20-44(21-28)22-36(49)41-13-16-53-29-9-7-27-18-34(54-23-25-5-3-2-4-6-25)38(37(40)30(27)19-29)45-14-15-46(51)55-45/h2-10,17-19,28,33,35,48H,11-16,20-24H2,1H3,(H-,41,42,49,50)/p+1. The molecule has 14 nitrogen and oxygen atoms in total. The molecule has 4 aromatic rings. The van der Waals surface area contributed by atoms with Crippen LogP contribution in [0, 0.1) is 15.9 Å². The molecule has 288 valence electrons. The number of carbonyl (C=O) groups is 2. The van der Waals surface area contributed by atoms with Gasteiger partial charge in [0.15, 0.2) is 24.2 Å². The Kier molecular flexibility index (Phi) is 10.3. The Hall–Kier alpha value is -5.00. The average Bonchev–Trinajstić information content (AvgIpc) is 3.70. The van der Waals surface area contributed by atoms with Gasteiger partial charge in [0, 0.05) is 48.8 Å². The van der Waals surface area contributed by atoms with Crippen LogP contribution in [0.4, 0.5) is 21.5 Å². The Morgan fingerprint density at radius 2 is 1.93 bits per heavy atom. The smallest absolute Gasteiger partial charge is 0.341 e. The molecule has 3 unspecified atom stereocenters. The number of anilines is 2. The highest BCUT2D eigenvalue weighted by atomic mass is 32.2. The van der Waals surface area contributed by atoms with Crippen molar-refractivity contribution in [3.63, 3.8) is 0 Å². The van der Waals surface area contributed by atoms with Crippen molar-refractivity contribution < 1.29 is 32.7 Å². The first-order chi connectivity index (χ1) is 26.6. The van der Waals surface area contributed by atoms with Gasteiger partial charge in [-0.15, -0.1) is 0 Å². The summed E-state index contributed by atoms with van der Waals surface area (Å²) in [6, 6.07) is 21.5. The van der Waals surface area contributed by atoms with E-state index in [0.29, 0.717) is 60.4 Å². The van der Waals surface area contributed by atoms with Crippen molar-refractivity contribution in [3.8, 4) is 11.5 Å². The first-order valence-electron chi connectivity index (χ1n) is 18.4. The lowest BCUT2D eigenvalue weighted by molar-refractivity contribution is -0.358. The number of nitroso groups, excluding NO2 is 1. The molecule has 4 aliphatic rings. The van der Waals surface area contributed by atoms with E-state index in [1.54, 1.807) is 28.6 Å². The number of benzene rings is 4. The predicted octanol–water partition coefficient (Wildman–Crippen LogP) is 4.12. The number of hydrogen-bond acceptors (Lipinski definition) is 11. The summed E-state index contributed by atoms with van der Waals surface area (Å²) >= 11 is 0.905. The van der Waals surface area contributed by atoms with Gasteiger partial charge in [-0.1, -0.05) is 42.5 Å². The van der Waals surface area contributed by atoms with Gasteiger partial charge in [0.2, 0.25) is 12.5 Å². The molecule has 3 fully saturated rings. The minimum absolute atomic E-state index is 0.124. The van der Waals surface area contributed by atoms with Gasteiger partial charge < -0.3 is 35.3 Å². The van der Waals surface area contributed by atoms with E-state index in [1.165, 1.54) is 0 Å². The normalized spacial score (nSPS) is 22.8. The fourth-order valence-corrected chi connectivity index (χ4v) is 8.64. The Morgan fingerprint density at radius 1 is 1.11 bits per heavy atom. The SMILES string of the molecule is CN1C[N+]([O-])(C2CCC(O)NC2=O)c2ccc(C3CN(CC(=O)NCCOc4ccc5cc(OCc6ccccc6)c(N6CC[N+](=O)S6)c(F)c5c4)C3)cc21. The number of fused-ring (bicyclic) bond motifs is 2. The summed E-state index contributed by atoms with van der Waals surface area (Å²) in [6.07, 6.45) is -0.253. The number of nitrogens with zero attached hydrogens (tertiary/aromatic N) is 5. The Morgan fingerprint density at radius 3 is 2.69 bits per heavy atom. The van der Waals surface area contributed by atoms with Gasteiger partial charge in [-0.3, -0.25) is 19.1 Å². The molecule has 8 rings (SSSR count). The summed E-state index contributed by atoms with van der Waals surface area (Å²) < 4.78 is 29.8. The van der Waals surface area contributed by atoms with Crippen LogP contribution in [0.15, 0.2) is 72.8 Å². The highest BCUT2D eigenvalue weighted by Crippen LogP contribution is 2.46. The Labute approximate surface area is 321 Å². The number of rotatable bonds is 12. The summed E-state index contributed by atoms with van der Waals surface area (Å²) in [4.78, 5) is 41.3. The van der Waals surface area contributed by atoms with Gasteiger partial charge in [0.05, 0.1) is 17.3 Å². The summed E-state index contributed by atoms with van der Waals surface area (Å²) in [7, 11) is 1.85. The lowest BCUT2D eigenvalue weighted by atomic mass is 9.90. The van der Waals surface area contributed by atoms with Crippen molar-refractivity contribution in [3.05, 3.63) is 99.9 Å². The number of hydrogen-bond donors (Lipinski definition) is 3. The highest BCUT2D eigenvalue weighted by Gasteiger charge is 2.47. The molecule has 0 spiro atoms. The van der Waals surface area contributed by atoms with Crippen molar-refractivity contribution in [2.75, 3.05) is 68.8 Å². The average molecular weight is 773 g/mol. The number of likely N-dealkylation sites (tertiary alicyclic amines) is 1. The Bertz CT molecular complexity index is 2120. The van der Waals surface area contributed by atoms with E-state index in [0.717, 1.165) is 33.1 Å². The van der Waals surface area contributed by atoms with E-state index in [9.17, 15) is 24.8 Å². The molecule has 3 atom stereocenters. The second-order valence-electron chi connectivity index (χ2n) is 14.5. The largest absolute Gasteiger partial charge is 0.625 e. The molecule has 0 bridgehead atoms. The van der Waals surface area contributed by atoms with Gasteiger partial charge in [0.1, 0.15) is 48.9 Å². The number of nitrogens with one attached hydrogen (secondary N) is 2. The molecule has 4 aromatic carbocycles. The predicted molar refractivity (Wildman–Crippen MR) is 208 cm³/mol. The van der Waals surface area contributed by atoms with Crippen LogP contribution in [0.3, 0.4) is 0 Å². The topological polar surface area (TPSA) is 150 Å². The molecule has 55 heavy (non-hydrogen) atoms. The maximum Gasteiger partial charge on any atom is 0.341 e. The van der Waals surface area contributed by atoms with Gasteiger partial charge >= 0.3 is 12.1 Å². The Balaban J connectivity index is 0.832. The summed E-state index contributed by atoms with van der Waals surface area (Å²) in [5, 5.41) is 30.1. The first-order valence-corrected chi connectivity index (χ1v) is 19.2. The van der Waals surface area contributed by atoms with Crippen LogP contribution < -0.4 is 34.0 Å². The van der Waals surface area contributed by atoms with Crippen LogP contribution in [0.5, 0.6) is 11.5 Å². The van der Waals surface area contributed by atoms with Crippen LogP contribution in [-0.4, -0.2) is 97.8 Å². The van der Waals surface area contributed by atoms with Crippen molar-refractivity contribution in [2.24, 2.45) is 0 Å². The van der Waals surface area contributed by atoms with Gasteiger partial charge in [-0.05, 0) is 47.2 Å². The number of amides is 2. The number of aliphatic hydroxyl groups excluding tert-OH is 1. The molecule has 3 saturated heterocycles. The second-order valence-corrected chi connectivity index (χ2v) is 15.5. The maximum atomic E-state index is 16.2. The lowest BCUT2D eigenvalue weighted by Gasteiger charge is -2.45. The minimum Gasteiger partial charge on any atom is -0.625 e. The van der Waals surface area contributed by atoms with E-state index in [2.05, 4.69) is 15.5 Å². The maximum absolute atomic E-state index is 16.2. The van der Waals surface area contributed by atoms with Crippen molar-refractivity contribution >= 4 is 51.8 Å². The number of quaternary nitrogens is 1. The molecule has 4 heterocycles. The molecule has 0 saturated carbocycles. The first kappa shape index (κ1) is 36.9. The zero-order valence-electron chi connectivity index (χ0n) is 30.4. The summed E-state index contributed by atoms with van der Waals surface area (Å²) in [5.41, 5.74) is 3.58. The van der Waals surface area contributed by atoms with Crippen molar-refractivity contribution in [1.29, 1.82) is 0 Å². The molecular formula is C39H43FN7O7S+. The van der Waals surface area contributed by atoms with Gasteiger partial charge in [-0.25, -0.2) is 8.70 Å². The number of carbonyl (C=O) groups excluding carboxylic acids is 2. The zero-order chi connectivity index (χ0) is 38.3. The summed E-state index contributed by atoms with van der Waals surface area (Å²) in [6.45, 7) is 3.03. The summed E-state index contributed by atoms with van der Waals surface area (Å²) in [5.74, 6) is -0.0555. The molecule has 2 amide bonds. The highest BCUT2D eigenvalue weighted by molar-refractivity contribution is 7.94. The van der Waals surface area contributed by atoms with E-state index in [4.69, 9.17) is 9.47 Å². The zero-order valence-corrected chi connectivity index (χ0v) is 31.2. The van der Waals surface area contributed by atoms with E-state index in [-0.39, 0.29) is 57.0 Å². The van der Waals surface area contributed by atoms with Crippen LogP contribution >= 0.6 is 12.1 Å². The van der Waals surface area contributed by atoms with Crippen LogP contribution in [-0.2, 0) is 16.2 Å². The third kappa shape index (κ3) is 7.52. The molecular weight excluding hydrogens is 730 g/mol. The lowest BCUT2D eigenvalue weighted by Crippen LogP contribution is -2.62. The van der Waals surface area contributed by atoms with E-state index < -0.39 is 28.6 Å². The van der Waals surface area contributed by atoms with Gasteiger partial charge in [-0.2, -0.15) is 0 Å². The molecule has 0 aliphatic carbocycles. The third-order valence-electron chi connectivity index (χ3n) is 10.7. The third-order valence-corrected chi connectivity index (χ3v) is 11.6. The molecule has 4 aliphatic heterocycles. The number of ether oxygens (including phenoxy) is 2. The van der Waals surface area contributed by atoms with Crippen LogP contribution in [0.2, 0.25) is 0 Å². The van der Waals surface area contributed by atoms with Gasteiger partial charge in [0.25, 0.3) is 5.91 Å². The van der Waals surface area contributed by atoms with Crippen molar-refractivity contribution in [1.82, 2.24) is 20.2 Å². The molecule has 0 radical (unpaired) electrons. The number of hydroxylamine groups is 2. The second kappa shape index (κ2) is 15.3. The van der Waals surface area contributed by atoms with Crippen LogP contribution in [0.25, 0.3) is 10.8 Å². The number of piperidine rings is 1. The minimum atomic E-state index is -0.914. The van der Waals surface area contributed by atoms with E-state index in [1.807, 2.05) is 60.5 Å².